The average molecular weight is 201 g/mol. The van der Waals surface area contributed by atoms with Crippen molar-refractivity contribution in [1.82, 2.24) is 4.98 Å². The molecule has 2 aromatic heterocycles. The fourth-order valence-corrected chi connectivity index (χ4v) is 1.31. The van der Waals surface area contributed by atoms with Crippen LogP contribution in [0.4, 0.5) is 13.2 Å². The zero-order chi connectivity index (χ0) is 10.3. The minimum atomic E-state index is -4.37. The number of nitrogens with zero attached hydrogens (tertiary/aromatic N) is 1. The van der Waals surface area contributed by atoms with Gasteiger partial charge in [-0.15, -0.1) is 0 Å². The van der Waals surface area contributed by atoms with Gasteiger partial charge >= 0.3 is 6.18 Å². The third kappa shape index (κ3) is 1.34. The zero-order valence-electron chi connectivity index (χ0n) is 7.22. The molecule has 5 heteroatoms. The van der Waals surface area contributed by atoms with Gasteiger partial charge in [0.1, 0.15) is 0 Å². The Morgan fingerprint density at radius 3 is 2.71 bits per heavy atom. The van der Waals surface area contributed by atoms with E-state index in [0.29, 0.717) is 5.69 Å². The number of rotatable bonds is 0. The van der Waals surface area contributed by atoms with Crippen molar-refractivity contribution in [2.24, 2.45) is 0 Å². The number of hydrogen-bond acceptors (Lipinski definition) is 2. The molecule has 0 N–H and O–H groups in total. The molecule has 0 radical (unpaired) electrons. The van der Waals surface area contributed by atoms with Crippen LogP contribution in [0.3, 0.4) is 0 Å². The number of pyridine rings is 1. The van der Waals surface area contributed by atoms with Gasteiger partial charge < -0.3 is 4.42 Å². The maximum absolute atomic E-state index is 12.5. The summed E-state index contributed by atoms with van der Waals surface area (Å²) in [7, 11) is 0. The van der Waals surface area contributed by atoms with Gasteiger partial charge in [-0.25, -0.2) is 4.98 Å². The quantitative estimate of drug-likeness (QED) is 0.654. The summed E-state index contributed by atoms with van der Waals surface area (Å²) in [5.74, 6) is 0. The number of aryl methyl sites for hydroxylation is 1. The topological polar surface area (TPSA) is 26.0 Å². The summed E-state index contributed by atoms with van der Waals surface area (Å²) >= 11 is 0. The third-order valence-corrected chi connectivity index (χ3v) is 1.87. The summed E-state index contributed by atoms with van der Waals surface area (Å²) in [6.07, 6.45) is -3.16. The first-order chi connectivity index (χ1) is 6.48. The molecular formula is C9H6F3NO. The summed E-state index contributed by atoms with van der Waals surface area (Å²) < 4.78 is 42.3. The summed E-state index contributed by atoms with van der Waals surface area (Å²) in [4.78, 5) is 3.84. The highest BCUT2D eigenvalue weighted by atomic mass is 19.4. The van der Waals surface area contributed by atoms with E-state index in [9.17, 15) is 13.2 Å². The van der Waals surface area contributed by atoms with E-state index in [0.717, 1.165) is 6.07 Å². The van der Waals surface area contributed by atoms with Crippen molar-refractivity contribution in [3.8, 4) is 0 Å². The molecule has 2 nitrogen and oxygen atoms in total. The van der Waals surface area contributed by atoms with Gasteiger partial charge in [-0.05, 0) is 19.1 Å². The smallest absolute Gasteiger partial charge is 0.417 e. The molecule has 0 spiro atoms. The van der Waals surface area contributed by atoms with E-state index in [-0.39, 0.29) is 11.1 Å². The molecule has 0 bridgehead atoms. The van der Waals surface area contributed by atoms with Crippen molar-refractivity contribution in [3.63, 3.8) is 0 Å². The van der Waals surface area contributed by atoms with Gasteiger partial charge in [-0.2, -0.15) is 13.2 Å². The predicted molar refractivity (Wildman–Crippen MR) is 43.7 cm³/mol. The monoisotopic (exact) mass is 201 g/mol. The molecule has 0 aliphatic carbocycles. The molecule has 0 amide bonds. The van der Waals surface area contributed by atoms with Crippen molar-refractivity contribution in [2.75, 3.05) is 0 Å². The highest BCUT2D eigenvalue weighted by Gasteiger charge is 2.33. The highest BCUT2D eigenvalue weighted by Crippen LogP contribution is 2.34. The van der Waals surface area contributed by atoms with E-state index in [1.54, 1.807) is 0 Å². The molecule has 0 saturated heterocycles. The van der Waals surface area contributed by atoms with Crippen LogP contribution in [0.5, 0.6) is 0 Å². The lowest BCUT2D eigenvalue weighted by atomic mass is 10.1. The van der Waals surface area contributed by atoms with Crippen LogP contribution in [0.25, 0.3) is 11.1 Å². The zero-order valence-corrected chi connectivity index (χ0v) is 7.22. The lowest BCUT2D eigenvalue weighted by molar-refractivity contribution is -0.136. The predicted octanol–water partition coefficient (Wildman–Crippen LogP) is 3.16. The number of alkyl halides is 3. The molecule has 0 atom stereocenters. The first kappa shape index (κ1) is 9.05. The largest absolute Gasteiger partial charge is 0.446 e. The van der Waals surface area contributed by atoms with Crippen LogP contribution >= 0.6 is 0 Å². The Labute approximate surface area is 77.4 Å². The molecule has 74 valence electrons. The van der Waals surface area contributed by atoms with Crippen molar-refractivity contribution < 1.29 is 17.6 Å². The Morgan fingerprint density at radius 1 is 1.36 bits per heavy atom. The maximum atomic E-state index is 12.5. The summed E-state index contributed by atoms with van der Waals surface area (Å²) in [5.41, 5.74) is -0.383. The number of fused-ring (bicyclic) bond motifs is 1. The summed E-state index contributed by atoms with van der Waals surface area (Å²) in [6.45, 7) is 1.50. The van der Waals surface area contributed by atoms with Gasteiger partial charge in [-0.3, -0.25) is 0 Å². The van der Waals surface area contributed by atoms with Crippen molar-refractivity contribution >= 4 is 11.1 Å². The molecule has 2 rings (SSSR count). The molecule has 0 saturated carbocycles. The normalized spacial score (nSPS) is 12.3. The van der Waals surface area contributed by atoms with Gasteiger partial charge in [0.15, 0.2) is 0 Å². The molecular weight excluding hydrogens is 195 g/mol. The molecule has 0 aliphatic rings. The molecule has 0 fully saturated rings. The fraction of sp³-hybridized carbons (Fsp3) is 0.222. The Kier molecular flexibility index (Phi) is 1.77. The van der Waals surface area contributed by atoms with Gasteiger partial charge in [0.25, 0.3) is 0 Å². The Hall–Kier alpha value is -1.52. The summed E-state index contributed by atoms with van der Waals surface area (Å²) in [6, 6.07) is 2.28. The molecule has 0 unspecified atom stereocenters. The first-order valence-corrected chi connectivity index (χ1v) is 3.90. The second-order valence-electron chi connectivity index (χ2n) is 2.95. The van der Waals surface area contributed by atoms with Gasteiger partial charge in [0.05, 0.1) is 17.2 Å². The van der Waals surface area contributed by atoms with Crippen LogP contribution < -0.4 is 0 Å². The van der Waals surface area contributed by atoms with E-state index in [2.05, 4.69) is 4.98 Å². The maximum Gasteiger partial charge on any atom is 0.417 e. The number of halogens is 3. The number of furan rings is 1. The van der Waals surface area contributed by atoms with E-state index < -0.39 is 11.7 Å². The SMILES string of the molecule is Cc1cc(C(F)(F)F)c2ccoc2n1. The molecule has 2 heterocycles. The van der Waals surface area contributed by atoms with Crippen LogP contribution in [-0.2, 0) is 6.18 Å². The van der Waals surface area contributed by atoms with Crippen molar-refractivity contribution in [3.05, 3.63) is 29.7 Å². The minimum Gasteiger partial charge on any atom is -0.446 e. The van der Waals surface area contributed by atoms with Crippen LogP contribution in [0.1, 0.15) is 11.3 Å². The van der Waals surface area contributed by atoms with E-state index >= 15 is 0 Å². The third-order valence-electron chi connectivity index (χ3n) is 1.87. The van der Waals surface area contributed by atoms with E-state index in [4.69, 9.17) is 4.42 Å². The Morgan fingerprint density at radius 2 is 2.07 bits per heavy atom. The second kappa shape index (κ2) is 2.73. The van der Waals surface area contributed by atoms with Gasteiger partial charge in [0, 0.05) is 5.69 Å². The molecule has 2 aromatic rings. The minimum absolute atomic E-state index is 0.00287. The van der Waals surface area contributed by atoms with Crippen LogP contribution in [0.15, 0.2) is 22.8 Å². The van der Waals surface area contributed by atoms with Crippen LogP contribution in [-0.4, -0.2) is 4.98 Å². The lowest BCUT2D eigenvalue weighted by Crippen LogP contribution is -2.06. The van der Waals surface area contributed by atoms with Crippen molar-refractivity contribution in [1.29, 1.82) is 0 Å². The van der Waals surface area contributed by atoms with Crippen LogP contribution in [0.2, 0.25) is 0 Å². The number of hydrogen-bond donors (Lipinski definition) is 0. The van der Waals surface area contributed by atoms with Gasteiger partial charge in [-0.1, -0.05) is 0 Å². The number of aromatic nitrogens is 1. The molecule has 0 aliphatic heterocycles. The second-order valence-corrected chi connectivity index (χ2v) is 2.95. The molecule has 14 heavy (non-hydrogen) atoms. The first-order valence-electron chi connectivity index (χ1n) is 3.90. The highest BCUT2D eigenvalue weighted by molar-refractivity contribution is 5.78. The van der Waals surface area contributed by atoms with Crippen LogP contribution in [0, 0.1) is 6.92 Å². The Balaban J connectivity index is 2.80. The van der Waals surface area contributed by atoms with E-state index in [1.165, 1.54) is 19.3 Å². The standard InChI is InChI=1S/C9H6F3NO/c1-5-4-7(9(10,11)12)6-2-3-14-8(6)13-5/h2-4H,1H3. The Bertz CT molecular complexity index is 472. The van der Waals surface area contributed by atoms with Crippen molar-refractivity contribution in [2.45, 2.75) is 13.1 Å². The lowest BCUT2D eigenvalue weighted by Gasteiger charge is -2.07. The summed E-state index contributed by atoms with van der Waals surface area (Å²) in [5, 5.41) is 0.00287. The van der Waals surface area contributed by atoms with E-state index in [1.807, 2.05) is 0 Å². The average Bonchev–Trinajstić information content (AvgIpc) is 2.47. The molecule has 0 aromatic carbocycles. The fourth-order valence-electron chi connectivity index (χ4n) is 1.31. The van der Waals surface area contributed by atoms with Gasteiger partial charge in [0.2, 0.25) is 5.71 Å².